The van der Waals surface area contributed by atoms with Crippen molar-refractivity contribution in [2.24, 2.45) is 0 Å². The number of ether oxygens (including phenoxy) is 3. The quantitative estimate of drug-likeness (QED) is 0.638. The van der Waals surface area contributed by atoms with Crippen molar-refractivity contribution in [2.45, 2.75) is 26.1 Å². The number of methoxy groups -OCH3 is 2. The lowest BCUT2D eigenvalue weighted by atomic mass is 10.0. The summed E-state index contributed by atoms with van der Waals surface area (Å²) in [6.07, 6.45) is -0.147. The number of anilines is 1. The molecule has 8 heteroatoms. The highest BCUT2D eigenvalue weighted by Crippen LogP contribution is 2.39. The molecule has 2 aromatic carbocycles. The molecule has 2 aliphatic rings. The van der Waals surface area contributed by atoms with Crippen LogP contribution >= 0.6 is 11.6 Å². The average Bonchev–Trinajstić information content (AvgIpc) is 3.03. The molecular weight excluding hydrogens is 432 g/mol. The summed E-state index contributed by atoms with van der Waals surface area (Å²) in [5, 5.41) is 0.554. The number of carbonyl (C=O) groups is 2. The number of benzene rings is 2. The summed E-state index contributed by atoms with van der Waals surface area (Å²) >= 11 is 6.06. The van der Waals surface area contributed by atoms with Crippen LogP contribution in [0, 0.1) is 0 Å². The molecular formula is C24H25ClN2O5. The third-order valence-corrected chi connectivity index (χ3v) is 5.81. The van der Waals surface area contributed by atoms with Crippen molar-refractivity contribution in [1.82, 2.24) is 4.90 Å². The second kappa shape index (κ2) is 8.84. The molecule has 2 amide bonds. The molecule has 1 fully saturated rings. The summed E-state index contributed by atoms with van der Waals surface area (Å²) in [5.41, 5.74) is 1.77. The van der Waals surface area contributed by atoms with Crippen molar-refractivity contribution in [3.05, 3.63) is 58.7 Å². The van der Waals surface area contributed by atoms with E-state index in [1.165, 1.54) is 19.1 Å². The van der Waals surface area contributed by atoms with Gasteiger partial charge in [0, 0.05) is 24.2 Å². The molecule has 0 aromatic heterocycles. The molecule has 2 unspecified atom stereocenters. The van der Waals surface area contributed by atoms with Crippen LogP contribution in [0.25, 0.3) is 5.57 Å². The van der Waals surface area contributed by atoms with E-state index >= 15 is 0 Å². The van der Waals surface area contributed by atoms with Crippen LogP contribution in [0.3, 0.4) is 0 Å². The predicted octanol–water partition coefficient (Wildman–Crippen LogP) is 3.75. The summed E-state index contributed by atoms with van der Waals surface area (Å²) in [5.74, 6) is 0.165. The topological polar surface area (TPSA) is 68.3 Å². The zero-order chi connectivity index (χ0) is 23.0. The van der Waals surface area contributed by atoms with E-state index in [1.807, 2.05) is 18.7 Å². The van der Waals surface area contributed by atoms with Crippen molar-refractivity contribution < 1.29 is 23.8 Å². The number of morpholine rings is 1. The van der Waals surface area contributed by atoms with Crippen molar-refractivity contribution in [3.63, 3.8) is 0 Å². The Kier molecular flexibility index (Phi) is 6.13. The Hall–Kier alpha value is -3.03. The first kappa shape index (κ1) is 22.2. The van der Waals surface area contributed by atoms with Crippen LogP contribution in [0.15, 0.2) is 48.2 Å². The van der Waals surface area contributed by atoms with Gasteiger partial charge in [0.1, 0.15) is 5.70 Å². The smallest absolute Gasteiger partial charge is 0.282 e. The van der Waals surface area contributed by atoms with Crippen LogP contribution < -0.4 is 14.4 Å². The minimum Gasteiger partial charge on any atom is -0.493 e. The van der Waals surface area contributed by atoms with Crippen LogP contribution in [-0.2, 0) is 14.3 Å². The van der Waals surface area contributed by atoms with E-state index in [0.29, 0.717) is 52.1 Å². The Balaban J connectivity index is 1.82. The van der Waals surface area contributed by atoms with Crippen LogP contribution in [-0.4, -0.2) is 56.2 Å². The Morgan fingerprint density at radius 2 is 1.53 bits per heavy atom. The molecule has 0 radical (unpaired) electrons. The fraction of sp³-hybridized carbons (Fsp3) is 0.333. The van der Waals surface area contributed by atoms with E-state index in [2.05, 4.69) is 0 Å². The van der Waals surface area contributed by atoms with Gasteiger partial charge in [-0.1, -0.05) is 23.7 Å². The lowest BCUT2D eigenvalue weighted by molar-refractivity contribution is -0.121. The summed E-state index contributed by atoms with van der Waals surface area (Å²) in [4.78, 5) is 30.5. The SMILES string of the molecule is COc1ccc(N2C(=O)C(c3ccc(Cl)cc3)=C(N3CC(C)OC(C)C3)C2=O)cc1OC. The number of hydrogen-bond acceptors (Lipinski definition) is 6. The van der Waals surface area contributed by atoms with Crippen molar-refractivity contribution in [1.29, 1.82) is 0 Å². The molecule has 7 nitrogen and oxygen atoms in total. The molecule has 4 rings (SSSR count). The number of carbonyl (C=O) groups excluding carboxylic acids is 2. The molecule has 32 heavy (non-hydrogen) atoms. The first-order chi connectivity index (χ1) is 15.3. The molecule has 0 bridgehead atoms. The molecule has 2 aliphatic heterocycles. The van der Waals surface area contributed by atoms with Gasteiger partial charge in [-0.15, -0.1) is 0 Å². The molecule has 2 heterocycles. The number of hydrogen-bond donors (Lipinski definition) is 0. The van der Waals surface area contributed by atoms with Crippen LogP contribution in [0.4, 0.5) is 5.69 Å². The lowest BCUT2D eigenvalue weighted by Crippen LogP contribution is -2.47. The van der Waals surface area contributed by atoms with Crippen molar-refractivity contribution in [2.75, 3.05) is 32.2 Å². The van der Waals surface area contributed by atoms with Crippen molar-refractivity contribution >= 4 is 34.7 Å². The van der Waals surface area contributed by atoms with Gasteiger partial charge in [0.25, 0.3) is 11.8 Å². The minimum atomic E-state index is -0.397. The molecule has 2 atom stereocenters. The lowest BCUT2D eigenvalue weighted by Gasteiger charge is -2.37. The molecule has 0 aliphatic carbocycles. The molecule has 0 N–H and O–H groups in total. The number of amides is 2. The van der Waals surface area contributed by atoms with Gasteiger partial charge in [0.15, 0.2) is 11.5 Å². The zero-order valence-electron chi connectivity index (χ0n) is 18.4. The van der Waals surface area contributed by atoms with Gasteiger partial charge in [-0.25, -0.2) is 4.90 Å². The van der Waals surface area contributed by atoms with Gasteiger partial charge in [-0.3, -0.25) is 9.59 Å². The Bertz CT molecular complexity index is 1070. The molecule has 0 saturated carbocycles. The third kappa shape index (κ3) is 3.94. The van der Waals surface area contributed by atoms with Gasteiger partial charge in [0.05, 0.1) is 37.7 Å². The zero-order valence-corrected chi connectivity index (χ0v) is 19.2. The Labute approximate surface area is 192 Å². The first-order valence-electron chi connectivity index (χ1n) is 10.4. The third-order valence-electron chi connectivity index (χ3n) is 5.55. The van der Waals surface area contributed by atoms with Gasteiger partial charge in [-0.05, 0) is 43.7 Å². The summed E-state index contributed by atoms with van der Waals surface area (Å²) in [6, 6.07) is 11.9. The normalized spacial score (nSPS) is 21.4. The predicted molar refractivity (Wildman–Crippen MR) is 122 cm³/mol. The van der Waals surface area contributed by atoms with Crippen molar-refractivity contribution in [3.8, 4) is 11.5 Å². The Morgan fingerprint density at radius 1 is 0.906 bits per heavy atom. The summed E-state index contributed by atoms with van der Waals surface area (Å²) in [7, 11) is 3.04. The fourth-order valence-corrected chi connectivity index (χ4v) is 4.37. The summed E-state index contributed by atoms with van der Waals surface area (Å²) < 4.78 is 16.5. The highest BCUT2D eigenvalue weighted by atomic mass is 35.5. The minimum absolute atomic E-state index is 0.0734. The molecule has 168 valence electrons. The van der Waals surface area contributed by atoms with E-state index < -0.39 is 5.91 Å². The van der Waals surface area contributed by atoms with E-state index in [4.69, 9.17) is 25.8 Å². The monoisotopic (exact) mass is 456 g/mol. The van der Waals surface area contributed by atoms with E-state index in [9.17, 15) is 9.59 Å². The number of rotatable bonds is 5. The van der Waals surface area contributed by atoms with Gasteiger partial charge >= 0.3 is 0 Å². The standard InChI is InChI=1S/C24H25ClN2O5/c1-14-12-26(13-15(2)32-14)22-21(16-5-7-17(25)8-6-16)23(28)27(24(22)29)18-9-10-19(30-3)20(11-18)31-4/h5-11,14-15H,12-13H2,1-4H3. The van der Waals surface area contributed by atoms with E-state index in [1.54, 1.807) is 42.5 Å². The highest BCUT2D eigenvalue weighted by Gasteiger charge is 2.44. The molecule has 0 spiro atoms. The largest absolute Gasteiger partial charge is 0.493 e. The second-order valence-corrected chi connectivity index (χ2v) is 8.31. The Morgan fingerprint density at radius 3 is 2.12 bits per heavy atom. The van der Waals surface area contributed by atoms with Gasteiger partial charge in [-0.2, -0.15) is 0 Å². The highest BCUT2D eigenvalue weighted by molar-refractivity contribution is 6.45. The maximum Gasteiger partial charge on any atom is 0.282 e. The maximum atomic E-state index is 13.7. The van der Waals surface area contributed by atoms with E-state index in [0.717, 1.165) is 0 Å². The van der Waals surface area contributed by atoms with Crippen LogP contribution in [0.5, 0.6) is 11.5 Å². The van der Waals surface area contributed by atoms with Crippen LogP contribution in [0.1, 0.15) is 19.4 Å². The van der Waals surface area contributed by atoms with E-state index in [-0.39, 0.29) is 18.1 Å². The number of halogens is 1. The van der Waals surface area contributed by atoms with Gasteiger partial charge in [0.2, 0.25) is 0 Å². The second-order valence-electron chi connectivity index (χ2n) is 7.88. The van der Waals surface area contributed by atoms with Gasteiger partial charge < -0.3 is 19.1 Å². The fourth-order valence-electron chi connectivity index (χ4n) is 4.25. The summed E-state index contributed by atoms with van der Waals surface area (Å²) in [6.45, 7) is 4.93. The number of nitrogens with zero attached hydrogens (tertiary/aromatic N) is 2. The average molecular weight is 457 g/mol. The molecule has 2 aromatic rings. The maximum absolute atomic E-state index is 13.7. The van der Waals surface area contributed by atoms with Crippen LogP contribution in [0.2, 0.25) is 5.02 Å². The first-order valence-corrected chi connectivity index (χ1v) is 10.7. The number of imide groups is 1. The molecule has 1 saturated heterocycles.